The molecule has 0 saturated carbocycles. The molecule has 0 nitrogen and oxygen atoms in total. The summed E-state index contributed by atoms with van der Waals surface area (Å²) < 4.78 is 0. The van der Waals surface area contributed by atoms with Gasteiger partial charge in [-0.15, -0.1) is 0 Å². The molecular weight excluding hydrogens is 125 g/mol. The third kappa shape index (κ3) is 8.82. The van der Waals surface area contributed by atoms with Crippen LogP contribution in [-0.4, -0.2) is 71.8 Å². The van der Waals surface area contributed by atoms with Gasteiger partial charge < -0.3 is 2.85 Å². The summed E-state index contributed by atoms with van der Waals surface area (Å²) >= 11 is 0. The van der Waals surface area contributed by atoms with Gasteiger partial charge in [0.05, 0.1) is 0 Å². The van der Waals surface area contributed by atoms with E-state index in [2.05, 4.69) is 0 Å². The van der Waals surface area contributed by atoms with Crippen LogP contribution in [0.5, 0.6) is 0 Å². The monoisotopic (exact) mass is 132 g/mol. The number of rotatable bonds is 0. The molecule has 0 heterocycles. The largest absolute Gasteiger partial charge is 2.00 e. The van der Waals surface area contributed by atoms with Crippen LogP contribution < -0.4 is 0 Å². The summed E-state index contributed by atoms with van der Waals surface area (Å²) in [5.74, 6) is 0. The van der Waals surface area contributed by atoms with Gasteiger partial charge in [0.1, 0.15) is 0 Å². The Morgan fingerprint density at radius 2 is 1.25 bits per heavy atom. The molecule has 4 heavy (non-hydrogen) atoms. The van der Waals surface area contributed by atoms with E-state index in [9.17, 15) is 0 Å². The average molecular weight is 133 g/mol. The summed E-state index contributed by atoms with van der Waals surface area (Å²) in [6.07, 6.45) is 0. The van der Waals surface area contributed by atoms with Crippen LogP contribution in [0.1, 0.15) is 2.85 Å². The molecule has 0 fully saturated rings. The van der Waals surface area contributed by atoms with E-state index in [0.29, 0.717) is 0 Å². The molecule has 0 unspecified atom stereocenters. The quantitative estimate of drug-likeness (QED) is 0.339. The van der Waals surface area contributed by atoms with Crippen LogP contribution in [0.2, 0.25) is 0 Å². The zero-order valence-corrected chi connectivity index (χ0v) is 6.54. The molecule has 0 bridgehead atoms. The van der Waals surface area contributed by atoms with Crippen LogP contribution in [-0.2, 0) is 0 Å². The van der Waals surface area contributed by atoms with Gasteiger partial charge in [0.15, 0.2) is 0 Å². The Bertz CT molecular complexity index is 13.5. The van der Waals surface area contributed by atoms with Crippen molar-refractivity contribution >= 4 is 85.3 Å². The maximum atomic E-state index is 0. The van der Waals surface area contributed by atoms with Gasteiger partial charge in [-0.2, -0.15) is 13.5 Å². The molecule has 0 aliphatic heterocycles. The Morgan fingerprint density at radius 1 is 1.25 bits per heavy atom. The zero-order chi connectivity index (χ0) is 0. The molecule has 0 N–H and O–H groups in total. The van der Waals surface area contributed by atoms with Crippen LogP contribution >= 0.6 is 13.5 Å². The van der Waals surface area contributed by atoms with Crippen molar-refractivity contribution in [3.8, 4) is 0 Å². The molecule has 0 spiro atoms. The van der Waals surface area contributed by atoms with E-state index in [1.165, 1.54) is 0 Å². The fourth-order valence-electron chi connectivity index (χ4n) is 0. The summed E-state index contributed by atoms with van der Waals surface area (Å²) in [5.41, 5.74) is 0. The molecule has 0 atom stereocenters. The van der Waals surface area contributed by atoms with Crippen molar-refractivity contribution < 1.29 is 2.85 Å². The summed E-state index contributed by atoms with van der Waals surface area (Å²) in [7, 11) is 0. The molecule has 4 heteroatoms. The standard InChI is InChI=1S/Ca.Mg.H2S.H4Si.2H/h;;1H2;1H4;;/q+2;;;;2*-1. The van der Waals surface area contributed by atoms with Crippen molar-refractivity contribution in [3.63, 3.8) is 0 Å². The average Bonchev–Trinajstić information content (AvgIpc) is 0. The summed E-state index contributed by atoms with van der Waals surface area (Å²) in [6.45, 7) is 0. The van der Waals surface area contributed by atoms with E-state index in [1.807, 2.05) is 0 Å². The Hall–Kier alpha value is 2.59. The molecule has 0 aliphatic rings. The molecule has 0 amide bonds. The summed E-state index contributed by atoms with van der Waals surface area (Å²) in [6, 6.07) is 0. The molecule has 0 saturated heterocycles. The molecule has 0 rings (SSSR count). The molecule has 0 aromatic carbocycles. The Kier molecular flexibility index (Phi) is 135. The van der Waals surface area contributed by atoms with E-state index in [0.717, 1.165) is 0 Å². The van der Waals surface area contributed by atoms with Crippen LogP contribution in [0, 0.1) is 0 Å². The van der Waals surface area contributed by atoms with Crippen molar-refractivity contribution in [1.29, 1.82) is 0 Å². The Labute approximate surface area is 86.7 Å². The fourth-order valence-corrected chi connectivity index (χ4v) is 0. The predicted molar refractivity (Wildman–Crippen MR) is 35.4 cm³/mol. The normalized spacial score (nSPS) is 0. The fraction of sp³-hybridized carbons (Fsp3) is 0. The van der Waals surface area contributed by atoms with Crippen molar-refractivity contribution in [2.45, 2.75) is 0 Å². The first-order chi connectivity index (χ1) is 0. The minimum atomic E-state index is 0. The van der Waals surface area contributed by atoms with Gasteiger partial charge in [0.2, 0.25) is 0 Å². The maximum Gasteiger partial charge on any atom is 2.00 e. The minimum absolute atomic E-state index is 0. The summed E-state index contributed by atoms with van der Waals surface area (Å²) in [4.78, 5) is 0. The molecule has 0 aliphatic carbocycles. The third-order valence-corrected chi connectivity index (χ3v) is 0. The summed E-state index contributed by atoms with van der Waals surface area (Å²) in [5, 5.41) is 0. The number of hydrogen-bond acceptors (Lipinski definition) is 0. The van der Waals surface area contributed by atoms with Gasteiger partial charge in [0.25, 0.3) is 0 Å². The van der Waals surface area contributed by atoms with Crippen LogP contribution in [0.3, 0.4) is 0 Å². The molecular formula is H8CaMgSSi. The Balaban J connectivity index is 0. The van der Waals surface area contributed by atoms with Gasteiger partial charge in [-0.25, -0.2) is 0 Å². The third-order valence-electron chi connectivity index (χ3n) is 0. The van der Waals surface area contributed by atoms with Crippen molar-refractivity contribution in [2.24, 2.45) is 0 Å². The van der Waals surface area contributed by atoms with E-state index >= 15 is 0 Å². The molecule has 0 aromatic heterocycles. The molecule has 22 valence electrons. The zero-order valence-electron chi connectivity index (χ0n) is 3.91. The first kappa shape index (κ1) is 30.7. The second-order valence-corrected chi connectivity index (χ2v) is 0. The van der Waals surface area contributed by atoms with E-state index in [-0.39, 0.29) is 88.1 Å². The van der Waals surface area contributed by atoms with Crippen molar-refractivity contribution in [1.82, 2.24) is 0 Å². The van der Waals surface area contributed by atoms with E-state index in [1.54, 1.807) is 0 Å². The van der Waals surface area contributed by atoms with E-state index in [4.69, 9.17) is 0 Å². The Morgan fingerprint density at radius 3 is 1.25 bits per heavy atom. The second-order valence-electron chi connectivity index (χ2n) is 0. The second kappa shape index (κ2) is 17.5. The van der Waals surface area contributed by atoms with Gasteiger partial charge in [-0.3, -0.25) is 0 Å². The number of hydrogen-bond donors (Lipinski definition) is 0. The first-order valence-corrected chi connectivity index (χ1v) is 0. The van der Waals surface area contributed by atoms with E-state index < -0.39 is 0 Å². The topological polar surface area (TPSA) is 0 Å². The minimum Gasteiger partial charge on any atom is -1.00 e. The SMILES string of the molecule is S.[Ca+2].[H-].[H-].[Mg].[SiH4]. The van der Waals surface area contributed by atoms with Crippen LogP contribution in [0.25, 0.3) is 0 Å². The van der Waals surface area contributed by atoms with Crippen LogP contribution in [0.15, 0.2) is 0 Å². The smallest absolute Gasteiger partial charge is 1.00 e. The first-order valence-electron chi connectivity index (χ1n) is 0. The maximum absolute atomic E-state index is 0. The van der Waals surface area contributed by atoms with Gasteiger partial charge in [-0.1, -0.05) is 0 Å². The predicted octanol–water partition coefficient (Wildman–Crippen LogP) is -1.88. The molecule has 2 radical (unpaired) electrons. The van der Waals surface area contributed by atoms with Crippen LogP contribution in [0.4, 0.5) is 0 Å². The van der Waals surface area contributed by atoms with Crippen molar-refractivity contribution in [2.75, 3.05) is 0 Å². The van der Waals surface area contributed by atoms with Crippen molar-refractivity contribution in [3.05, 3.63) is 0 Å². The molecule has 0 aromatic rings. The van der Waals surface area contributed by atoms with Gasteiger partial charge in [0, 0.05) is 23.1 Å². The van der Waals surface area contributed by atoms with Gasteiger partial charge >= 0.3 is 37.7 Å². The van der Waals surface area contributed by atoms with Gasteiger partial charge in [-0.05, 0) is 11.0 Å².